The highest BCUT2D eigenvalue weighted by Gasteiger charge is 2.08. The minimum atomic E-state index is 0.572. The highest BCUT2D eigenvalue weighted by molar-refractivity contribution is 6.38. The van der Waals surface area contributed by atoms with E-state index in [4.69, 9.17) is 23.2 Å². The molecule has 0 aromatic heterocycles. The molecule has 0 amide bonds. The molecule has 0 atom stereocenters. The maximum absolute atomic E-state index is 6.21. The van der Waals surface area contributed by atoms with Crippen molar-refractivity contribution >= 4 is 40.8 Å². The van der Waals surface area contributed by atoms with Gasteiger partial charge in [-0.1, -0.05) is 65.7 Å². The normalized spacial score (nSPS) is 10.9. The van der Waals surface area contributed by atoms with Crippen LogP contribution in [0.2, 0.25) is 10.0 Å². The number of hydrogen-bond donors (Lipinski definition) is 0. The van der Waals surface area contributed by atoms with Crippen molar-refractivity contribution in [1.29, 1.82) is 0 Å². The zero-order valence-electron chi connectivity index (χ0n) is 12.2. The molecule has 3 aromatic rings. The SMILES string of the molecule is Clc1cccc(Cl)c1/C=N\N(c1ccccc1)c1ccccc1. The van der Waals surface area contributed by atoms with E-state index < -0.39 is 0 Å². The lowest BCUT2D eigenvalue weighted by atomic mass is 10.2. The van der Waals surface area contributed by atoms with Crippen LogP contribution in [0.5, 0.6) is 0 Å². The molecule has 0 aliphatic carbocycles. The van der Waals surface area contributed by atoms with Gasteiger partial charge in [-0.15, -0.1) is 0 Å². The standard InChI is InChI=1S/C19H14Cl2N2/c20-18-12-7-13-19(21)17(18)14-22-23(15-8-3-1-4-9-15)16-10-5-2-6-11-16/h1-14H/b22-14-. The third-order valence-corrected chi connectivity index (χ3v) is 3.96. The van der Waals surface area contributed by atoms with E-state index in [1.165, 1.54) is 0 Å². The molecule has 0 heterocycles. The van der Waals surface area contributed by atoms with Gasteiger partial charge in [-0.05, 0) is 36.4 Å². The Bertz CT molecular complexity index is 742. The van der Waals surface area contributed by atoms with Gasteiger partial charge in [0.15, 0.2) is 0 Å². The lowest BCUT2D eigenvalue weighted by Crippen LogP contribution is -2.09. The number of halogens is 2. The molecule has 0 saturated heterocycles. The molecule has 2 nitrogen and oxygen atoms in total. The van der Waals surface area contributed by atoms with Crippen LogP contribution in [-0.4, -0.2) is 6.21 Å². The lowest BCUT2D eigenvalue weighted by molar-refractivity contribution is 1.09. The van der Waals surface area contributed by atoms with E-state index in [0.717, 1.165) is 11.4 Å². The van der Waals surface area contributed by atoms with Crippen LogP contribution in [0.15, 0.2) is 84.0 Å². The Hall–Kier alpha value is -2.29. The van der Waals surface area contributed by atoms with E-state index in [0.29, 0.717) is 15.6 Å². The molecule has 0 N–H and O–H groups in total. The van der Waals surface area contributed by atoms with Crippen LogP contribution in [0.4, 0.5) is 11.4 Å². The number of anilines is 2. The molecule has 0 saturated carbocycles. The third kappa shape index (κ3) is 3.73. The number of hydrogen-bond acceptors (Lipinski definition) is 2. The Morgan fingerprint density at radius 2 is 1.13 bits per heavy atom. The van der Waals surface area contributed by atoms with Gasteiger partial charge in [-0.25, -0.2) is 5.01 Å². The molecule has 0 aliphatic heterocycles. The summed E-state index contributed by atoms with van der Waals surface area (Å²) < 4.78 is 0. The Labute approximate surface area is 145 Å². The zero-order valence-corrected chi connectivity index (χ0v) is 13.7. The monoisotopic (exact) mass is 340 g/mol. The van der Waals surface area contributed by atoms with Crippen molar-refractivity contribution in [1.82, 2.24) is 0 Å². The highest BCUT2D eigenvalue weighted by Crippen LogP contribution is 2.27. The summed E-state index contributed by atoms with van der Waals surface area (Å²) in [6, 6.07) is 25.2. The number of para-hydroxylation sites is 2. The first-order chi connectivity index (χ1) is 11.3. The van der Waals surface area contributed by atoms with Crippen LogP contribution in [0.3, 0.4) is 0 Å². The molecule has 114 valence electrons. The quantitative estimate of drug-likeness (QED) is 0.409. The first-order valence-electron chi connectivity index (χ1n) is 7.14. The molecule has 3 rings (SSSR count). The smallest absolute Gasteiger partial charge is 0.0652 e. The van der Waals surface area contributed by atoms with Crippen molar-refractivity contribution in [3.8, 4) is 0 Å². The van der Waals surface area contributed by atoms with Gasteiger partial charge >= 0.3 is 0 Å². The predicted molar refractivity (Wildman–Crippen MR) is 99.1 cm³/mol. The Kier molecular flexibility index (Phi) is 4.96. The molecular formula is C19H14Cl2N2. The van der Waals surface area contributed by atoms with Gasteiger partial charge in [0.1, 0.15) is 0 Å². The van der Waals surface area contributed by atoms with E-state index in [1.54, 1.807) is 18.3 Å². The lowest BCUT2D eigenvalue weighted by Gasteiger charge is -2.19. The zero-order chi connectivity index (χ0) is 16.1. The van der Waals surface area contributed by atoms with Crippen LogP contribution >= 0.6 is 23.2 Å². The van der Waals surface area contributed by atoms with E-state index in [-0.39, 0.29) is 0 Å². The van der Waals surface area contributed by atoms with Gasteiger partial charge in [0, 0.05) is 5.56 Å². The van der Waals surface area contributed by atoms with Crippen molar-refractivity contribution in [2.24, 2.45) is 5.10 Å². The van der Waals surface area contributed by atoms with E-state index in [1.807, 2.05) is 71.7 Å². The highest BCUT2D eigenvalue weighted by atomic mass is 35.5. The summed E-state index contributed by atoms with van der Waals surface area (Å²) in [4.78, 5) is 0. The molecular weight excluding hydrogens is 327 g/mol. The second kappa shape index (κ2) is 7.32. The molecule has 4 heteroatoms. The van der Waals surface area contributed by atoms with Gasteiger partial charge in [-0.2, -0.15) is 5.10 Å². The summed E-state index contributed by atoms with van der Waals surface area (Å²) in [6.07, 6.45) is 1.69. The summed E-state index contributed by atoms with van der Waals surface area (Å²) in [6.45, 7) is 0. The average Bonchev–Trinajstić information content (AvgIpc) is 2.59. The topological polar surface area (TPSA) is 15.6 Å². The minimum Gasteiger partial charge on any atom is -0.234 e. The molecule has 0 radical (unpaired) electrons. The van der Waals surface area contributed by atoms with Crippen molar-refractivity contribution in [2.75, 3.05) is 5.01 Å². The summed E-state index contributed by atoms with van der Waals surface area (Å²) in [5.41, 5.74) is 2.61. The number of rotatable bonds is 4. The Morgan fingerprint density at radius 3 is 1.61 bits per heavy atom. The van der Waals surface area contributed by atoms with Crippen LogP contribution < -0.4 is 5.01 Å². The summed E-state index contributed by atoms with van der Waals surface area (Å²) in [7, 11) is 0. The van der Waals surface area contributed by atoms with Crippen molar-refractivity contribution in [3.63, 3.8) is 0 Å². The van der Waals surface area contributed by atoms with E-state index >= 15 is 0 Å². The second-order valence-electron chi connectivity index (χ2n) is 4.86. The van der Waals surface area contributed by atoms with Crippen LogP contribution in [-0.2, 0) is 0 Å². The fourth-order valence-corrected chi connectivity index (χ4v) is 2.67. The van der Waals surface area contributed by atoms with Crippen molar-refractivity contribution < 1.29 is 0 Å². The average molecular weight is 341 g/mol. The fourth-order valence-electron chi connectivity index (χ4n) is 2.17. The van der Waals surface area contributed by atoms with Gasteiger partial charge in [0.2, 0.25) is 0 Å². The second-order valence-corrected chi connectivity index (χ2v) is 5.68. The largest absolute Gasteiger partial charge is 0.234 e. The molecule has 23 heavy (non-hydrogen) atoms. The Balaban J connectivity index is 2.02. The molecule has 0 spiro atoms. The summed E-state index contributed by atoms with van der Waals surface area (Å²) >= 11 is 12.4. The van der Waals surface area contributed by atoms with E-state index in [9.17, 15) is 0 Å². The minimum absolute atomic E-state index is 0.572. The maximum Gasteiger partial charge on any atom is 0.0652 e. The van der Waals surface area contributed by atoms with Crippen LogP contribution in [0, 0.1) is 0 Å². The van der Waals surface area contributed by atoms with Crippen molar-refractivity contribution in [2.45, 2.75) is 0 Å². The number of nitrogens with zero attached hydrogens (tertiary/aromatic N) is 2. The van der Waals surface area contributed by atoms with Gasteiger partial charge in [0.05, 0.1) is 27.6 Å². The van der Waals surface area contributed by atoms with Gasteiger partial charge in [0.25, 0.3) is 0 Å². The molecule has 3 aromatic carbocycles. The predicted octanol–water partition coefficient (Wildman–Crippen LogP) is 6.17. The van der Waals surface area contributed by atoms with Crippen molar-refractivity contribution in [3.05, 3.63) is 94.5 Å². The van der Waals surface area contributed by atoms with Crippen LogP contribution in [0.25, 0.3) is 0 Å². The van der Waals surface area contributed by atoms with Gasteiger partial charge in [-0.3, -0.25) is 0 Å². The maximum atomic E-state index is 6.21. The summed E-state index contributed by atoms with van der Waals surface area (Å²) in [5.74, 6) is 0. The van der Waals surface area contributed by atoms with E-state index in [2.05, 4.69) is 5.10 Å². The number of benzene rings is 3. The number of hydrazone groups is 1. The fraction of sp³-hybridized carbons (Fsp3) is 0. The third-order valence-electron chi connectivity index (χ3n) is 3.30. The molecule has 0 fully saturated rings. The van der Waals surface area contributed by atoms with Crippen LogP contribution in [0.1, 0.15) is 5.56 Å². The van der Waals surface area contributed by atoms with Gasteiger partial charge < -0.3 is 0 Å². The molecule has 0 aliphatic rings. The molecule has 0 unspecified atom stereocenters. The summed E-state index contributed by atoms with van der Waals surface area (Å²) in [5, 5.41) is 7.59. The Morgan fingerprint density at radius 1 is 0.652 bits per heavy atom. The first kappa shape index (κ1) is 15.6. The first-order valence-corrected chi connectivity index (χ1v) is 7.89. The molecule has 0 bridgehead atoms.